The monoisotopic (exact) mass is 497 g/mol. The van der Waals surface area contributed by atoms with Crippen molar-refractivity contribution in [3.8, 4) is 0 Å². The van der Waals surface area contributed by atoms with E-state index in [1.165, 1.54) is 30.2 Å². The number of rotatable bonds is 6. The molecule has 0 radical (unpaired) electrons. The van der Waals surface area contributed by atoms with Gasteiger partial charge >= 0.3 is 5.97 Å². The van der Waals surface area contributed by atoms with Gasteiger partial charge in [-0.25, -0.2) is 4.79 Å². The predicted molar refractivity (Wildman–Crippen MR) is 114 cm³/mol. The highest BCUT2D eigenvalue weighted by Gasteiger charge is 2.14. The number of carbonyl (C=O) groups excluding carboxylic acids is 2. The second kappa shape index (κ2) is 9.51. The number of esters is 1. The predicted octanol–water partition coefficient (Wildman–Crippen LogP) is 5.29. The van der Waals surface area contributed by atoms with E-state index in [1.807, 2.05) is 12.1 Å². The molecule has 0 atom stereocenters. The first-order valence-corrected chi connectivity index (χ1v) is 10.8. The zero-order valence-corrected chi connectivity index (χ0v) is 18.4. The molecule has 3 rings (SSSR count). The minimum absolute atomic E-state index is 0.350. The minimum Gasteiger partial charge on any atom is -0.465 e. The quantitative estimate of drug-likeness (QED) is 0.283. The average molecular weight is 499 g/mol. The van der Waals surface area contributed by atoms with Gasteiger partial charge in [-0.1, -0.05) is 62.8 Å². The number of thioether (sulfide) groups is 1. The summed E-state index contributed by atoms with van der Waals surface area (Å²) in [5.41, 5.74) is 1.88. The number of carbonyl (C=O) groups is 2. The first-order chi connectivity index (χ1) is 13.5. The summed E-state index contributed by atoms with van der Waals surface area (Å²) in [5.74, 6) is -0.0618. The Hall–Kier alpha value is -1.94. The maximum absolute atomic E-state index is 12.4. The molecular formula is C18H13BrClN3O3S2. The molecule has 0 saturated carbocycles. The van der Waals surface area contributed by atoms with Crippen LogP contribution < -0.4 is 5.32 Å². The molecule has 1 N–H and O–H groups in total. The lowest BCUT2D eigenvalue weighted by Crippen LogP contribution is -2.12. The summed E-state index contributed by atoms with van der Waals surface area (Å²) < 4.78 is 6.15. The van der Waals surface area contributed by atoms with Crippen LogP contribution in [0.4, 0.5) is 5.13 Å². The third kappa shape index (κ3) is 5.32. The molecular weight excluding hydrogens is 486 g/mol. The third-order valence-electron chi connectivity index (χ3n) is 3.54. The van der Waals surface area contributed by atoms with Crippen LogP contribution in [0.3, 0.4) is 0 Å². The van der Waals surface area contributed by atoms with E-state index in [0.29, 0.717) is 31.4 Å². The molecule has 6 nitrogen and oxygen atoms in total. The van der Waals surface area contributed by atoms with Crippen LogP contribution in [0.1, 0.15) is 26.3 Å². The van der Waals surface area contributed by atoms with Crippen molar-refractivity contribution in [2.45, 2.75) is 10.1 Å². The third-order valence-corrected chi connectivity index (χ3v) is 6.40. The number of nitrogens with zero attached hydrogens (tertiary/aromatic N) is 2. The van der Waals surface area contributed by atoms with Crippen LogP contribution in [0.5, 0.6) is 0 Å². The summed E-state index contributed by atoms with van der Waals surface area (Å²) in [5, 5.41) is 11.5. The first-order valence-electron chi connectivity index (χ1n) is 7.86. The van der Waals surface area contributed by atoms with Gasteiger partial charge in [0.05, 0.1) is 23.3 Å². The van der Waals surface area contributed by atoms with Gasteiger partial charge in [0, 0.05) is 10.2 Å². The van der Waals surface area contributed by atoms with Crippen LogP contribution in [0.25, 0.3) is 0 Å². The standard InChI is InChI=1S/C18H13BrClN3O3S2/c1-26-16(25)11-4-2-10(3-5-11)9-27-18-23-22-17(28-18)21-15(24)13-8-12(19)6-7-14(13)20/h2-8H,9H2,1H3,(H,21,22,24). The van der Waals surface area contributed by atoms with Crippen LogP contribution in [0.2, 0.25) is 5.02 Å². The van der Waals surface area contributed by atoms with E-state index < -0.39 is 0 Å². The molecule has 1 aromatic heterocycles. The molecule has 0 bridgehead atoms. The van der Waals surface area contributed by atoms with Gasteiger partial charge in [0.15, 0.2) is 4.34 Å². The van der Waals surface area contributed by atoms with E-state index in [1.54, 1.807) is 30.3 Å². The van der Waals surface area contributed by atoms with Gasteiger partial charge in [0.1, 0.15) is 0 Å². The summed E-state index contributed by atoms with van der Waals surface area (Å²) in [6.45, 7) is 0. The van der Waals surface area contributed by atoms with E-state index in [2.05, 4.69) is 36.2 Å². The Morgan fingerprint density at radius 2 is 1.96 bits per heavy atom. The number of methoxy groups -OCH3 is 1. The Labute approximate surface area is 182 Å². The zero-order valence-electron chi connectivity index (χ0n) is 14.4. The maximum atomic E-state index is 12.4. The lowest BCUT2D eigenvalue weighted by Gasteiger charge is -2.04. The SMILES string of the molecule is COC(=O)c1ccc(CSc2nnc(NC(=O)c3cc(Br)ccc3Cl)s2)cc1. The molecule has 2 aromatic carbocycles. The Morgan fingerprint density at radius 3 is 2.68 bits per heavy atom. The van der Waals surface area contributed by atoms with Crippen LogP contribution >= 0.6 is 50.6 Å². The van der Waals surface area contributed by atoms with Crippen LogP contribution in [-0.2, 0) is 10.5 Å². The minimum atomic E-state index is -0.366. The van der Waals surface area contributed by atoms with Crippen molar-refractivity contribution in [3.05, 3.63) is 68.7 Å². The lowest BCUT2D eigenvalue weighted by molar-refractivity contribution is 0.0600. The Morgan fingerprint density at radius 1 is 1.21 bits per heavy atom. The highest BCUT2D eigenvalue weighted by atomic mass is 79.9. The lowest BCUT2D eigenvalue weighted by atomic mass is 10.1. The molecule has 0 saturated heterocycles. The van der Waals surface area contributed by atoms with Crippen molar-refractivity contribution >= 4 is 67.6 Å². The van der Waals surface area contributed by atoms with Crippen molar-refractivity contribution in [3.63, 3.8) is 0 Å². The number of anilines is 1. The van der Waals surface area contributed by atoms with Gasteiger partial charge in [0.25, 0.3) is 5.91 Å². The molecule has 3 aromatic rings. The summed E-state index contributed by atoms with van der Waals surface area (Å²) >= 11 is 12.2. The Bertz CT molecular complexity index is 1010. The molecule has 1 heterocycles. The molecule has 0 spiro atoms. The van der Waals surface area contributed by atoms with Gasteiger partial charge < -0.3 is 4.74 Å². The zero-order chi connectivity index (χ0) is 20.1. The van der Waals surface area contributed by atoms with E-state index in [0.717, 1.165) is 10.0 Å². The van der Waals surface area contributed by atoms with E-state index >= 15 is 0 Å². The van der Waals surface area contributed by atoms with Gasteiger partial charge in [-0.15, -0.1) is 10.2 Å². The van der Waals surface area contributed by atoms with E-state index in [9.17, 15) is 9.59 Å². The topological polar surface area (TPSA) is 81.2 Å². The average Bonchev–Trinajstić information content (AvgIpc) is 3.15. The maximum Gasteiger partial charge on any atom is 0.337 e. The first kappa shape index (κ1) is 20.8. The molecule has 1 amide bonds. The fourth-order valence-corrected chi connectivity index (χ4v) is 4.42. The highest BCUT2D eigenvalue weighted by molar-refractivity contribution is 9.10. The highest BCUT2D eigenvalue weighted by Crippen LogP contribution is 2.29. The van der Waals surface area contributed by atoms with Gasteiger partial charge in [-0.2, -0.15) is 0 Å². The molecule has 144 valence electrons. The summed E-state index contributed by atoms with van der Waals surface area (Å²) in [7, 11) is 1.35. The number of hydrogen-bond acceptors (Lipinski definition) is 7. The normalized spacial score (nSPS) is 10.5. The van der Waals surface area contributed by atoms with E-state index in [4.69, 9.17) is 11.6 Å². The van der Waals surface area contributed by atoms with Crippen LogP contribution in [0.15, 0.2) is 51.3 Å². The number of aromatic nitrogens is 2. The smallest absolute Gasteiger partial charge is 0.337 e. The fraction of sp³-hybridized carbons (Fsp3) is 0.111. The summed E-state index contributed by atoms with van der Waals surface area (Å²) in [6.07, 6.45) is 0. The van der Waals surface area contributed by atoms with Gasteiger partial charge in [0.2, 0.25) is 5.13 Å². The van der Waals surface area contributed by atoms with E-state index in [-0.39, 0.29) is 11.9 Å². The van der Waals surface area contributed by atoms with Crippen LogP contribution in [-0.4, -0.2) is 29.2 Å². The number of amides is 1. The molecule has 0 unspecified atom stereocenters. The molecule has 0 aliphatic rings. The molecule has 0 aliphatic heterocycles. The number of ether oxygens (including phenoxy) is 1. The Kier molecular flexibility index (Phi) is 7.06. The largest absolute Gasteiger partial charge is 0.465 e. The van der Waals surface area contributed by atoms with Crippen molar-refractivity contribution in [1.29, 1.82) is 0 Å². The van der Waals surface area contributed by atoms with Gasteiger partial charge in [-0.05, 0) is 35.9 Å². The number of benzene rings is 2. The second-order valence-corrected chi connectivity index (χ2v) is 8.95. The number of nitrogens with one attached hydrogen (secondary N) is 1. The van der Waals surface area contributed by atoms with Gasteiger partial charge in [-0.3, -0.25) is 10.1 Å². The molecule has 0 fully saturated rings. The molecule has 0 aliphatic carbocycles. The second-order valence-electron chi connectivity index (χ2n) is 5.43. The Balaban J connectivity index is 1.59. The number of halogens is 2. The van der Waals surface area contributed by atoms with Crippen molar-refractivity contribution < 1.29 is 14.3 Å². The number of hydrogen-bond donors (Lipinski definition) is 1. The van der Waals surface area contributed by atoms with Crippen molar-refractivity contribution in [1.82, 2.24) is 10.2 Å². The van der Waals surface area contributed by atoms with Crippen LogP contribution in [0, 0.1) is 0 Å². The van der Waals surface area contributed by atoms with Crippen molar-refractivity contribution in [2.75, 3.05) is 12.4 Å². The summed E-state index contributed by atoms with van der Waals surface area (Å²) in [4.78, 5) is 23.8. The fourth-order valence-electron chi connectivity index (χ4n) is 2.15. The van der Waals surface area contributed by atoms with Crippen molar-refractivity contribution in [2.24, 2.45) is 0 Å². The molecule has 28 heavy (non-hydrogen) atoms. The molecule has 10 heteroatoms. The summed E-state index contributed by atoms with van der Waals surface area (Å²) in [6, 6.07) is 12.2.